The molecule has 0 aliphatic carbocycles. The van der Waals surface area contributed by atoms with E-state index in [0.29, 0.717) is 51.5 Å². The number of carbonyl (C=O) groups is 6. The Morgan fingerprint density at radius 2 is 1.41 bits per heavy atom. The quantitative estimate of drug-likeness (QED) is 0.0528. The number of likely N-dealkylation sites (tertiary alicyclic amines) is 1. The van der Waals surface area contributed by atoms with Crippen molar-refractivity contribution >= 4 is 35.8 Å². The van der Waals surface area contributed by atoms with Crippen molar-refractivity contribution in [3.63, 3.8) is 0 Å². The molecule has 2 aromatic rings. The zero-order valence-corrected chi connectivity index (χ0v) is 42.9. The number of nitrogens with zero attached hydrogens (tertiary/aromatic N) is 2. The molecule has 2 aliphatic rings. The lowest BCUT2D eigenvalue weighted by atomic mass is 9.79. The molecule has 16 nitrogen and oxygen atoms in total. The third-order valence-electron chi connectivity index (χ3n) is 12.5. The van der Waals surface area contributed by atoms with Gasteiger partial charge in [0.2, 0.25) is 23.6 Å². The molecular weight excluding hydrogens is 891 g/mol. The number of piperidine rings is 1. The van der Waals surface area contributed by atoms with E-state index in [1.54, 1.807) is 39.5 Å². The van der Waals surface area contributed by atoms with Gasteiger partial charge in [0, 0.05) is 30.2 Å². The van der Waals surface area contributed by atoms with E-state index in [-0.39, 0.29) is 44.9 Å². The zero-order valence-electron chi connectivity index (χ0n) is 42.9. The molecule has 2 saturated heterocycles. The molecule has 5 atom stereocenters. The lowest BCUT2D eigenvalue weighted by Gasteiger charge is -2.51. The van der Waals surface area contributed by atoms with Gasteiger partial charge in [0.05, 0.1) is 12.0 Å². The van der Waals surface area contributed by atoms with E-state index in [2.05, 4.69) is 26.6 Å². The fraction of sp³-hybridized carbons (Fsp3) is 0.630. The van der Waals surface area contributed by atoms with Gasteiger partial charge in [-0.3, -0.25) is 19.2 Å². The maximum atomic E-state index is 14.6. The van der Waals surface area contributed by atoms with E-state index < -0.39 is 82.6 Å². The summed E-state index contributed by atoms with van der Waals surface area (Å²) >= 11 is 0. The topological polar surface area (TPSA) is 208 Å². The Labute approximate surface area is 417 Å². The van der Waals surface area contributed by atoms with Crippen LogP contribution in [-0.4, -0.2) is 111 Å². The number of nitrogens with one attached hydrogen (secondary N) is 5. The van der Waals surface area contributed by atoms with Crippen LogP contribution in [0.5, 0.6) is 0 Å². The maximum absolute atomic E-state index is 14.6. The average molecular weight is 976 g/mol. The zero-order chi connectivity index (χ0) is 51.1. The van der Waals surface area contributed by atoms with Crippen LogP contribution in [0.3, 0.4) is 0 Å². The van der Waals surface area contributed by atoms with E-state index in [1.807, 2.05) is 114 Å². The molecule has 4 rings (SSSR count). The van der Waals surface area contributed by atoms with Crippen LogP contribution >= 0.6 is 0 Å². The minimum atomic E-state index is -1.05. The molecule has 2 fully saturated rings. The van der Waals surface area contributed by atoms with E-state index in [4.69, 9.17) is 9.47 Å². The smallest absolute Gasteiger partial charge is 0.408 e. The molecule has 2 aliphatic heterocycles. The van der Waals surface area contributed by atoms with Crippen LogP contribution in [0.15, 0.2) is 72.8 Å². The van der Waals surface area contributed by atoms with Gasteiger partial charge in [-0.05, 0) is 123 Å². The Morgan fingerprint density at radius 1 is 0.814 bits per heavy atom. The molecule has 2 heterocycles. The van der Waals surface area contributed by atoms with E-state index in [0.717, 1.165) is 11.1 Å². The highest BCUT2D eigenvalue weighted by molar-refractivity contribution is 5.95. The van der Waals surface area contributed by atoms with Gasteiger partial charge in [0.25, 0.3) is 0 Å². The molecule has 390 valence electrons. The number of alkyl carbamates (subject to hydrolysis) is 2. The van der Waals surface area contributed by atoms with Crippen molar-refractivity contribution in [2.24, 2.45) is 17.8 Å². The van der Waals surface area contributed by atoms with E-state index in [9.17, 15) is 34.0 Å². The van der Waals surface area contributed by atoms with Crippen LogP contribution in [0.2, 0.25) is 0 Å². The summed E-state index contributed by atoms with van der Waals surface area (Å²) < 4.78 is 10.9. The SMILES string of the molecule is C.CC(C)C[C@@H](/C=C/[C@H](Cc1ccccc1)C(=O)N1CCC[C@H]1C(=O)N[C@H](C(=O)N[C@@H](CCCNC(=O)OCc1ccccc1)C(=O)NC1CC(C)(C)N(O)C(C)(C)C1)C(C)C)NC(=O)OC(C)(C)C. The standard InChI is InChI=1S/C53H81N7O9.CH4/c1-35(2)30-40(56-50(66)69-51(5,6)7)27-26-39(31-37-20-14-12-15-21-37)48(64)59-29-19-25-43(59)46(62)58-44(36(3)4)47(63)57-42(24-18-28-54-49(65)68-34-38-22-16-13-17-23-38)45(61)55-41-32-52(8,9)60(67)53(10,11)33-41;/h12-17,20-23,26-27,35-36,39-44,67H,18-19,24-25,28-34H2,1-11H3,(H,54,65)(H,55,61)(H,56,66)(H,57,63)(H,58,62);1H4/b27-26+;/t39-,40-,42+,43+,44+;/m1./s1. The summed E-state index contributed by atoms with van der Waals surface area (Å²) in [7, 11) is 0. The minimum absolute atomic E-state index is 0. The number of amides is 6. The van der Waals surface area contributed by atoms with Crippen molar-refractivity contribution in [1.29, 1.82) is 0 Å². The third-order valence-corrected chi connectivity index (χ3v) is 12.5. The van der Waals surface area contributed by atoms with Crippen LogP contribution in [0, 0.1) is 17.8 Å². The molecule has 6 amide bonds. The lowest BCUT2D eigenvalue weighted by molar-refractivity contribution is -0.246. The second kappa shape index (κ2) is 26.7. The number of carbonyl (C=O) groups excluding carboxylic acids is 6. The predicted molar refractivity (Wildman–Crippen MR) is 272 cm³/mol. The van der Waals surface area contributed by atoms with Crippen molar-refractivity contribution in [1.82, 2.24) is 36.5 Å². The van der Waals surface area contributed by atoms with Crippen LogP contribution in [0.1, 0.15) is 140 Å². The molecule has 2 aromatic carbocycles. The summed E-state index contributed by atoms with van der Waals surface area (Å²) in [5.41, 5.74) is -0.199. The van der Waals surface area contributed by atoms with Crippen LogP contribution in [0.25, 0.3) is 0 Å². The Morgan fingerprint density at radius 3 is 1.99 bits per heavy atom. The highest BCUT2D eigenvalue weighted by atomic mass is 16.6. The van der Waals surface area contributed by atoms with Crippen molar-refractivity contribution in [2.45, 2.75) is 188 Å². The first-order valence-electron chi connectivity index (χ1n) is 24.7. The summed E-state index contributed by atoms with van der Waals surface area (Å²) in [4.78, 5) is 84.3. The number of hydrogen-bond donors (Lipinski definition) is 6. The number of ether oxygens (including phenoxy) is 2. The molecule has 0 bridgehead atoms. The van der Waals surface area contributed by atoms with Gasteiger partial charge >= 0.3 is 12.2 Å². The third kappa shape index (κ3) is 18.7. The first-order chi connectivity index (χ1) is 32.3. The maximum Gasteiger partial charge on any atom is 0.408 e. The lowest BCUT2D eigenvalue weighted by Crippen LogP contribution is -2.64. The van der Waals surface area contributed by atoms with Crippen molar-refractivity contribution in [2.75, 3.05) is 13.1 Å². The summed E-state index contributed by atoms with van der Waals surface area (Å²) in [6, 6.07) is 15.2. The molecule has 0 unspecified atom stereocenters. The number of benzene rings is 2. The summed E-state index contributed by atoms with van der Waals surface area (Å²) in [6.07, 6.45) is 5.84. The summed E-state index contributed by atoms with van der Waals surface area (Å²) in [6.45, 7) is 21.3. The van der Waals surface area contributed by atoms with Gasteiger partial charge in [0.15, 0.2) is 0 Å². The molecule has 0 saturated carbocycles. The van der Waals surface area contributed by atoms with Gasteiger partial charge in [-0.1, -0.05) is 108 Å². The minimum Gasteiger partial charge on any atom is -0.445 e. The molecule has 0 spiro atoms. The van der Waals surface area contributed by atoms with Crippen LogP contribution in [0.4, 0.5) is 9.59 Å². The van der Waals surface area contributed by atoms with E-state index >= 15 is 0 Å². The average Bonchev–Trinajstić information content (AvgIpc) is 3.76. The Hall–Kier alpha value is -5.48. The van der Waals surface area contributed by atoms with Gasteiger partial charge < -0.3 is 46.2 Å². The molecular formula is C54H85N7O9. The van der Waals surface area contributed by atoms with Crippen molar-refractivity contribution < 1.29 is 43.4 Å². The Kier molecular flexibility index (Phi) is 22.4. The normalized spacial score (nSPS) is 18.8. The number of rotatable bonds is 21. The monoisotopic (exact) mass is 976 g/mol. The van der Waals surface area contributed by atoms with Gasteiger partial charge in [-0.25, -0.2) is 9.59 Å². The van der Waals surface area contributed by atoms with Crippen LogP contribution in [-0.2, 0) is 41.7 Å². The fourth-order valence-corrected chi connectivity index (χ4v) is 9.30. The molecule has 16 heteroatoms. The molecule has 70 heavy (non-hydrogen) atoms. The number of hydroxylamine groups is 2. The van der Waals surface area contributed by atoms with Gasteiger partial charge in [-0.2, -0.15) is 5.06 Å². The Bertz CT molecular complexity index is 2020. The largest absolute Gasteiger partial charge is 0.445 e. The Balaban J connectivity index is 0.0000130. The van der Waals surface area contributed by atoms with Gasteiger partial charge in [0.1, 0.15) is 30.3 Å². The molecule has 0 aromatic heterocycles. The number of hydrogen-bond acceptors (Lipinski definition) is 10. The fourth-order valence-electron chi connectivity index (χ4n) is 9.30. The summed E-state index contributed by atoms with van der Waals surface area (Å²) in [5.74, 6) is -2.54. The van der Waals surface area contributed by atoms with Crippen molar-refractivity contribution in [3.05, 3.63) is 83.9 Å². The highest BCUT2D eigenvalue weighted by Crippen LogP contribution is 2.36. The summed E-state index contributed by atoms with van der Waals surface area (Å²) in [5, 5.41) is 26.9. The first-order valence-corrected chi connectivity index (χ1v) is 24.7. The van der Waals surface area contributed by atoms with E-state index in [1.165, 1.54) is 5.06 Å². The van der Waals surface area contributed by atoms with Gasteiger partial charge in [-0.15, -0.1) is 0 Å². The highest BCUT2D eigenvalue weighted by Gasteiger charge is 2.46. The van der Waals surface area contributed by atoms with Crippen LogP contribution < -0.4 is 26.6 Å². The predicted octanol–water partition coefficient (Wildman–Crippen LogP) is 7.83. The molecule has 6 N–H and O–H groups in total. The van der Waals surface area contributed by atoms with Crippen molar-refractivity contribution in [3.8, 4) is 0 Å². The first kappa shape index (κ1) is 58.8. The second-order valence-electron chi connectivity index (χ2n) is 21.7. The second-order valence-corrected chi connectivity index (χ2v) is 21.7. The molecule has 0 radical (unpaired) electrons.